The average molecular weight is 378 g/mol. The van der Waals surface area contributed by atoms with E-state index in [1.165, 1.54) is 5.56 Å². The van der Waals surface area contributed by atoms with Crippen LogP contribution in [-0.2, 0) is 13.1 Å². The van der Waals surface area contributed by atoms with Crippen LogP contribution >= 0.6 is 0 Å². The van der Waals surface area contributed by atoms with Gasteiger partial charge in [0.2, 0.25) is 0 Å². The first-order valence-electron chi connectivity index (χ1n) is 9.78. The number of nitrogens with zero attached hydrogens (tertiary/aromatic N) is 2. The number of piperidine rings is 1. The fourth-order valence-electron chi connectivity index (χ4n) is 3.82. The van der Waals surface area contributed by atoms with Crippen molar-refractivity contribution < 1.29 is 4.42 Å². The van der Waals surface area contributed by atoms with Crippen LogP contribution in [-0.4, -0.2) is 35.0 Å². The molecule has 0 amide bonds. The summed E-state index contributed by atoms with van der Waals surface area (Å²) in [6.45, 7) is 3.58. The summed E-state index contributed by atoms with van der Waals surface area (Å²) in [4.78, 5) is 22.2. The van der Waals surface area contributed by atoms with Crippen LogP contribution < -0.4 is 10.9 Å². The fourth-order valence-corrected chi connectivity index (χ4v) is 3.82. The maximum Gasteiger partial charge on any atom is 0.251 e. The highest BCUT2D eigenvalue weighted by Crippen LogP contribution is 2.24. The van der Waals surface area contributed by atoms with E-state index >= 15 is 0 Å². The zero-order valence-corrected chi connectivity index (χ0v) is 16.1. The first-order valence-corrected chi connectivity index (χ1v) is 9.78. The first-order chi connectivity index (χ1) is 13.7. The van der Waals surface area contributed by atoms with Crippen molar-refractivity contribution in [3.05, 3.63) is 76.1 Å². The van der Waals surface area contributed by atoms with Crippen LogP contribution in [0, 0.1) is 0 Å². The molecule has 0 spiro atoms. The highest BCUT2D eigenvalue weighted by Gasteiger charge is 2.18. The number of H-pyrrole nitrogens is 1. The van der Waals surface area contributed by atoms with E-state index in [0.29, 0.717) is 11.7 Å². The molecule has 6 nitrogen and oxygen atoms in total. The molecule has 146 valence electrons. The van der Waals surface area contributed by atoms with Crippen LogP contribution in [0.4, 0.5) is 0 Å². The highest BCUT2D eigenvalue weighted by molar-refractivity contribution is 5.56. The predicted octanol–water partition coefficient (Wildman–Crippen LogP) is 3.13. The third-order valence-corrected chi connectivity index (χ3v) is 5.20. The Morgan fingerprint density at radius 2 is 1.96 bits per heavy atom. The van der Waals surface area contributed by atoms with Crippen LogP contribution in [0.5, 0.6) is 0 Å². The van der Waals surface area contributed by atoms with E-state index in [9.17, 15) is 4.79 Å². The number of hydrogen-bond acceptors (Lipinski definition) is 5. The third kappa shape index (κ3) is 4.58. The Hall–Kier alpha value is -2.70. The largest absolute Gasteiger partial charge is 0.472 e. The van der Waals surface area contributed by atoms with Gasteiger partial charge in [0.1, 0.15) is 5.82 Å². The van der Waals surface area contributed by atoms with E-state index in [-0.39, 0.29) is 5.56 Å². The van der Waals surface area contributed by atoms with Crippen molar-refractivity contribution in [3.8, 4) is 11.4 Å². The number of hydrogen-bond donors (Lipinski definition) is 2. The van der Waals surface area contributed by atoms with Gasteiger partial charge in [-0.25, -0.2) is 4.98 Å². The van der Waals surface area contributed by atoms with Gasteiger partial charge in [0.15, 0.2) is 0 Å². The Balaban J connectivity index is 1.53. The van der Waals surface area contributed by atoms with Crippen LogP contribution in [0.3, 0.4) is 0 Å². The van der Waals surface area contributed by atoms with Crippen LogP contribution in [0.1, 0.15) is 35.6 Å². The van der Waals surface area contributed by atoms with Crippen molar-refractivity contribution >= 4 is 0 Å². The van der Waals surface area contributed by atoms with Gasteiger partial charge in [0, 0.05) is 36.2 Å². The summed E-state index contributed by atoms with van der Waals surface area (Å²) < 4.78 is 5.14. The summed E-state index contributed by atoms with van der Waals surface area (Å²) in [7, 11) is 2.08. The molecule has 0 aliphatic carbocycles. The molecule has 6 heteroatoms. The van der Waals surface area contributed by atoms with Crippen LogP contribution in [0.2, 0.25) is 0 Å². The molecule has 2 aromatic heterocycles. The SMILES string of the molecule is CN(Cc1ccoc1)Cc1cccc(-c2nc(C3CCNCC3)cc(=O)[nH]2)c1. The number of furan rings is 1. The minimum absolute atomic E-state index is 0.0824. The molecule has 4 rings (SSSR count). The highest BCUT2D eigenvalue weighted by atomic mass is 16.3. The Bertz CT molecular complexity index is 959. The molecular formula is C22H26N4O2. The van der Waals surface area contributed by atoms with E-state index in [1.54, 1.807) is 18.6 Å². The molecule has 28 heavy (non-hydrogen) atoms. The van der Waals surface area contributed by atoms with Gasteiger partial charge in [-0.15, -0.1) is 0 Å². The van der Waals surface area contributed by atoms with Crippen LogP contribution in [0.25, 0.3) is 11.4 Å². The molecule has 3 aromatic rings. The summed E-state index contributed by atoms with van der Waals surface area (Å²) >= 11 is 0. The minimum atomic E-state index is -0.0824. The van der Waals surface area contributed by atoms with Crippen molar-refractivity contribution in [2.75, 3.05) is 20.1 Å². The lowest BCUT2D eigenvalue weighted by molar-refractivity contribution is 0.318. The molecular weight excluding hydrogens is 352 g/mol. The molecule has 1 saturated heterocycles. The Morgan fingerprint density at radius 1 is 1.14 bits per heavy atom. The molecule has 0 unspecified atom stereocenters. The van der Waals surface area contributed by atoms with E-state index in [2.05, 4.69) is 34.4 Å². The molecule has 1 fully saturated rings. The maximum absolute atomic E-state index is 12.2. The number of nitrogens with one attached hydrogen (secondary N) is 2. The normalized spacial score (nSPS) is 15.2. The van der Waals surface area contributed by atoms with Gasteiger partial charge < -0.3 is 14.7 Å². The Labute approximate surface area is 164 Å². The predicted molar refractivity (Wildman–Crippen MR) is 109 cm³/mol. The third-order valence-electron chi connectivity index (χ3n) is 5.20. The van der Waals surface area contributed by atoms with Crippen molar-refractivity contribution in [2.24, 2.45) is 0 Å². The van der Waals surface area contributed by atoms with Crippen LogP contribution in [0.15, 0.2) is 58.1 Å². The number of aromatic nitrogens is 2. The lowest BCUT2D eigenvalue weighted by Gasteiger charge is -2.22. The Morgan fingerprint density at radius 3 is 2.75 bits per heavy atom. The van der Waals surface area contributed by atoms with E-state index in [4.69, 9.17) is 9.40 Å². The van der Waals surface area contributed by atoms with Crippen molar-refractivity contribution in [1.82, 2.24) is 20.2 Å². The van der Waals surface area contributed by atoms with Crippen molar-refractivity contribution in [1.29, 1.82) is 0 Å². The molecule has 1 aromatic carbocycles. The molecule has 0 saturated carbocycles. The minimum Gasteiger partial charge on any atom is -0.472 e. The first kappa shape index (κ1) is 18.7. The molecule has 2 N–H and O–H groups in total. The molecule has 0 atom stereocenters. The van der Waals surface area contributed by atoms with Gasteiger partial charge in [-0.3, -0.25) is 9.69 Å². The topological polar surface area (TPSA) is 74.2 Å². The zero-order chi connectivity index (χ0) is 19.3. The second-order valence-electron chi connectivity index (χ2n) is 7.55. The number of rotatable bonds is 6. The summed E-state index contributed by atoms with van der Waals surface area (Å²) in [5.74, 6) is 1.01. The Kier molecular flexibility index (Phi) is 5.69. The standard InChI is InChI=1S/C22H26N4O2/c1-26(14-17-7-10-28-15-17)13-16-3-2-4-19(11-16)22-24-20(12-21(27)25-22)18-5-8-23-9-6-18/h2-4,7,10-12,15,18,23H,5-6,8-9,13-14H2,1H3,(H,24,25,27). The smallest absolute Gasteiger partial charge is 0.251 e. The van der Waals surface area contributed by atoms with E-state index in [1.807, 2.05) is 18.2 Å². The lowest BCUT2D eigenvalue weighted by atomic mass is 9.94. The lowest BCUT2D eigenvalue weighted by Crippen LogP contribution is -2.28. The number of aromatic amines is 1. The summed E-state index contributed by atoms with van der Waals surface area (Å²) in [5, 5.41) is 3.36. The summed E-state index contributed by atoms with van der Waals surface area (Å²) in [6, 6.07) is 11.9. The molecule has 0 bridgehead atoms. The summed E-state index contributed by atoms with van der Waals surface area (Å²) in [5.41, 5.74) is 4.10. The van der Waals surface area contributed by atoms with Gasteiger partial charge in [0.25, 0.3) is 5.56 Å². The van der Waals surface area contributed by atoms with E-state index in [0.717, 1.165) is 55.8 Å². The monoisotopic (exact) mass is 378 g/mol. The quantitative estimate of drug-likeness (QED) is 0.689. The summed E-state index contributed by atoms with van der Waals surface area (Å²) in [6.07, 6.45) is 5.51. The van der Waals surface area contributed by atoms with Gasteiger partial charge in [-0.1, -0.05) is 18.2 Å². The van der Waals surface area contributed by atoms with Crippen molar-refractivity contribution in [3.63, 3.8) is 0 Å². The fraction of sp³-hybridized carbons (Fsp3) is 0.364. The van der Waals surface area contributed by atoms with Crippen molar-refractivity contribution in [2.45, 2.75) is 31.8 Å². The van der Waals surface area contributed by atoms with Gasteiger partial charge >= 0.3 is 0 Å². The average Bonchev–Trinajstić information content (AvgIpc) is 3.21. The zero-order valence-electron chi connectivity index (χ0n) is 16.1. The molecule has 1 aliphatic heterocycles. The van der Waals surface area contributed by atoms with Gasteiger partial charge in [-0.05, 0) is 50.7 Å². The molecule has 0 radical (unpaired) electrons. The van der Waals surface area contributed by atoms with Gasteiger partial charge in [0.05, 0.1) is 18.2 Å². The second-order valence-corrected chi connectivity index (χ2v) is 7.55. The van der Waals surface area contributed by atoms with E-state index < -0.39 is 0 Å². The number of benzene rings is 1. The van der Waals surface area contributed by atoms with Gasteiger partial charge in [-0.2, -0.15) is 0 Å². The molecule has 3 heterocycles. The maximum atomic E-state index is 12.2. The molecule has 1 aliphatic rings. The second kappa shape index (κ2) is 8.54.